The van der Waals surface area contributed by atoms with Gasteiger partial charge in [-0.15, -0.1) is 0 Å². The molecule has 0 heterocycles. The van der Waals surface area contributed by atoms with Gasteiger partial charge >= 0.3 is 0 Å². The normalized spacial score (nSPS) is 27.4. The number of hydrogen-bond donors (Lipinski definition) is 2. The first kappa shape index (κ1) is 6.77. The van der Waals surface area contributed by atoms with Gasteiger partial charge in [0.1, 0.15) is 4.11 Å². The van der Waals surface area contributed by atoms with Crippen LogP contribution in [0, 0.1) is 5.41 Å². The van der Waals surface area contributed by atoms with Crippen LogP contribution in [0.2, 0.25) is 0 Å². The fraction of sp³-hybridized carbons (Fsp3) is 1.00. The first-order chi connectivity index (χ1) is 3.71. The van der Waals surface area contributed by atoms with Crippen molar-refractivity contribution in [2.45, 2.75) is 17.0 Å². The molecule has 1 rings (SSSR count). The van der Waals surface area contributed by atoms with Gasteiger partial charge in [-0.25, -0.2) is 0 Å². The molecule has 1 saturated carbocycles. The van der Waals surface area contributed by atoms with E-state index in [1.54, 1.807) is 0 Å². The fourth-order valence-corrected chi connectivity index (χ4v) is 1.45. The average Bonchev–Trinajstić information content (AvgIpc) is 2.44. The molecule has 0 amide bonds. The lowest BCUT2D eigenvalue weighted by atomic mass is 10.1. The Morgan fingerprint density at radius 2 is 2.12 bits per heavy atom. The molecule has 2 nitrogen and oxygen atoms in total. The Kier molecular flexibility index (Phi) is 1.79. The zero-order chi connectivity index (χ0) is 6.20. The van der Waals surface area contributed by atoms with Gasteiger partial charge in [0.05, 0.1) is 6.61 Å². The maximum absolute atomic E-state index is 8.97. The van der Waals surface area contributed by atoms with Crippen LogP contribution in [0.1, 0.15) is 12.8 Å². The molecule has 1 aliphatic carbocycles. The Morgan fingerprint density at radius 3 is 2.12 bits per heavy atom. The number of alkyl halides is 1. The molecule has 48 valence electrons. The highest BCUT2D eigenvalue weighted by atomic mass is 127. The van der Waals surface area contributed by atoms with Crippen molar-refractivity contribution in [1.29, 1.82) is 0 Å². The van der Waals surface area contributed by atoms with E-state index in [1.165, 1.54) is 0 Å². The van der Waals surface area contributed by atoms with E-state index in [2.05, 4.69) is 0 Å². The summed E-state index contributed by atoms with van der Waals surface area (Å²) >= 11 is 1.94. The van der Waals surface area contributed by atoms with Crippen molar-refractivity contribution in [3.8, 4) is 0 Å². The van der Waals surface area contributed by atoms with Gasteiger partial charge in [-0.3, -0.25) is 0 Å². The summed E-state index contributed by atoms with van der Waals surface area (Å²) < 4.78 is -0.356. The molecule has 0 saturated heterocycles. The molecule has 2 N–H and O–H groups in total. The Hall–Kier alpha value is 0.650. The lowest BCUT2D eigenvalue weighted by molar-refractivity contribution is 0.121. The maximum Gasteiger partial charge on any atom is 0.113 e. The van der Waals surface area contributed by atoms with E-state index in [1.807, 2.05) is 22.6 Å². The molecule has 0 spiro atoms. The van der Waals surface area contributed by atoms with E-state index in [-0.39, 0.29) is 16.1 Å². The first-order valence-corrected chi connectivity index (χ1v) is 3.89. The summed E-state index contributed by atoms with van der Waals surface area (Å²) in [6.07, 6.45) is 1.96. The highest BCUT2D eigenvalue weighted by Crippen LogP contribution is 2.50. The van der Waals surface area contributed by atoms with E-state index >= 15 is 0 Å². The number of rotatable bonds is 2. The third-order valence-electron chi connectivity index (χ3n) is 1.71. The summed E-state index contributed by atoms with van der Waals surface area (Å²) in [5.41, 5.74) is -0.111. The minimum absolute atomic E-state index is 0.111. The summed E-state index contributed by atoms with van der Waals surface area (Å²) in [7, 11) is 0. The molecule has 0 radical (unpaired) electrons. The van der Waals surface area contributed by atoms with Gasteiger partial charge in [0.25, 0.3) is 0 Å². The van der Waals surface area contributed by atoms with Crippen LogP contribution >= 0.6 is 22.6 Å². The third kappa shape index (κ3) is 0.989. The summed E-state index contributed by atoms with van der Waals surface area (Å²) in [6.45, 7) is 0.136. The van der Waals surface area contributed by atoms with Crippen molar-refractivity contribution < 1.29 is 10.2 Å². The topological polar surface area (TPSA) is 40.5 Å². The molecule has 0 aromatic heterocycles. The van der Waals surface area contributed by atoms with Crippen molar-refractivity contribution >= 4 is 22.6 Å². The van der Waals surface area contributed by atoms with Crippen LogP contribution in [0.3, 0.4) is 0 Å². The quantitative estimate of drug-likeness (QED) is 0.534. The number of halogens is 1. The molecule has 1 atom stereocenters. The SMILES string of the molecule is OCC1(C(O)I)CC1. The fourth-order valence-electron chi connectivity index (χ4n) is 0.632. The number of aliphatic hydroxyl groups is 2. The molecule has 0 aromatic carbocycles. The van der Waals surface area contributed by atoms with Gasteiger partial charge in [-0.05, 0) is 12.8 Å². The molecule has 0 aromatic rings. The second-order valence-corrected chi connectivity index (χ2v) is 3.54. The molecule has 1 fully saturated rings. The summed E-state index contributed by atoms with van der Waals surface area (Å²) in [4.78, 5) is 0. The van der Waals surface area contributed by atoms with E-state index in [0.717, 1.165) is 12.8 Å². The first-order valence-electron chi connectivity index (χ1n) is 2.64. The highest BCUT2D eigenvalue weighted by Gasteiger charge is 2.47. The van der Waals surface area contributed by atoms with Crippen LogP contribution in [0.15, 0.2) is 0 Å². The van der Waals surface area contributed by atoms with Crippen LogP contribution < -0.4 is 0 Å². The Labute approximate surface area is 62.0 Å². The smallest absolute Gasteiger partial charge is 0.113 e. The summed E-state index contributed by atoms with van der Waals surface area (Å²) in [6, 6.07) is 0. The van der Waals surface area contributed by atoms with Crippen molar-refractivity contribution in [3.05, 3.63) is 0 Å². The Morgan fingerprint density at radius 1 is 1.62 bits per heavy atom. The molecule has 3 heteroatoms. The van der Waals surface area contributed by atoms with E-state index in [9.17, 15) is 0 Å². The second-order valence-electron chi connectivity index (χ2n) is 2.36. The van der Waals surface area contributed by atoms with Crippen molar-refractivity contribution in [2.75, 3.05) is 6.61 Å². The van der Waals surface area contributed by atoms with Crippen molar-refractivity contribution in [1.82, 2.24) is 0 Å². The van der Waals surface area contributed by atoms with Gasteiger partial charge in [0.2, 0.25) is 0 Å². The molecule has 0 bridgehead atoms. The predicted molar refractivity (Wildman–Crippen MR) is 38.8 cm³/mol. The van der Waals surface area contributed by atoms with Crippen molar-refractivity contribution in [3.63, 3.8) is 0 Å². The minimum Gasteiger partial charge on any atom is -0.396 e. The third-order valence-corrected chi connectivity index (χ3v) is 3.03. The van der Waals surface area contributed by atoms with Crippen LogP contribution in [-0.2, 0) is 0 Å². The summed E-state index contributed by atoms with van der Waals surface area (Å²) in [5, 5.41) is 17.6. The van der Waals surface area contributed by atoms with Gasteiger partial charge in [-0.1, -0.05) is 22.6 Å². The Bertz CT molecular complexity index is 88.4. The monoisotopic (exact) mass is 228 g/mol. The zero-order valence-electron chi connectivity index (χ0n) is 4.47. The molecular weight excluding hydrogens is 219 g/mol. The van der Waals surface area contributed by atoms with Gasteiger partial charge in [-0.2, -0.15) is 0 Å². The molecular formula is C5H9IO2. The molecule has 1 unspecified atom stereocenters. The van der Waals surface area contributed by atoms with Gasteiger partial charge in [0.15, 0.2) is 0 Å². The Balaban J connectivity index is 2.41. The van der Waals surface area contributed by atoms with E-state index in [0.29, 0.717) is 0 Å². The number of aliphatic hydroxyl groups excluding tert-OH is 2. The standard InChI is InChI=1S/C5H9IO2/c6-4(8)5(3-7)1-2-5/h4,7-8H,1-3H2. The van der Waals surface area contributed by atoms with Crippen LogP contribution in [0.4, 0.5) is 0 Å². The van der Waals surface area contributed by atoms with Crippen molar-refractivity contribution in [2.24, 2.45) is 5.41 Å². The van der Waals surface area contributed by atoms with Crippen LogP contribution in [0.25, 0.3) is 0 Å². The average molecular weight is 228 g/mol. The maximum atomic E-state index is 8.97. The van der Waals surface area contributed by atoms with E-state index in [4.69, 9.17) is 10.2 Å². The van der Waals surface area contributed by atoms with Gasteiger partial charge in [0, 0.05) is 5.41 Å². The second kappa shape index (κ2) is 2.11. The van der Waals surface area contributed by atoms with Gasteiger partial charge < -0.3 is 10.2 Å². The lowest BCUT2D eigenvalue weighted by Crippen LogP contribution is -2.18. The molecule has 0 aliphatic heterocycles. The lowest BCUT2D eigenvalue weighted by Gasteiger charge is -2.11. The predicted octanol–water partition coefficient (Wildman–Crippen LogP) is 0.512. The zero-order valence-corrected chi connectivity index (χ0v) is 6.63. The largest absolute Gasteiger partial charge is 0.396 e. The highest BCUT2D eigenvalue weighted by molar-refractivity contribution is 14.1. The molecule has 8 heavy (non-hydrogen) atoms. The number of hydrogen-bond acceptors (Lipinski definition) is 2. The van der Waals surface area contributed by atoms with E-state index < -0.39 is 0 Å². The minimum atomic E-state index is -0.356. The van der Waals surface area contributed by atoms with Crippen LogP contribution in [0.5, 0.6) is 0 Å². The molecule has 1 aliphatic rings. The summed E-state index contributed by atoms with van der Waals surface area (Å²) in [5.74, 6) is 0. The van der Waals surface area contributed by atoms with Crippen LogP contribution in [-0.4, -0.2) is 20.9 Å².